The van der Waals surface area contributed by atoms with Crippen LogP contribution in [0.5, 0.6) is 0 Å². The van der Waals surface area contributed by atoms with E-state index in [4.69, 9.17) is 9.72 Å². The number of amides is 1. The smallest absolute Gasteiger partial charge is 0.232 e. The van der Waals surface area contributed by atoms with E-state index in [9.17, 15) is 10.1 Å². The third-order valence-corrected chi connectivity index (χ3v) is 6.06. The van der Waals surface area contributed by atoms with E-state index in [0.717, 1.165) is 34.8 Å². The van der Waals surface area contributed by atoms with Crippen LogP contribution in [0.25, 0.3) is 21.9 Å². The van der Waals surface area contributed by atoms with Crippen molar-refractivity contribution in [1.82, 2.24) is 24.7 Å². The Balaban J connectivity index is 1.62. The predicted octanol–water partition coefficient (Wildman–Crippen LogP) is 3.48. The van der Waals surface area contributed by atoms with Crippen molar-refractivity contribution < 1.29 is 9.53 Å². The van der Waals surface area contributed by atoms with Gasteiger partial charge in [0.1, 0.15) is 11.3 Å². The quantitative estimate of drug-likeness (QED) is 0.515. The molecule has 0 saturated carbocycles. The molecule has 1 aliphatic heterocycles. The van der Waals surface area contributed by atoms with E-state index in [1.807, 2.05) is 19.1 Å². The number of fused-ring (bicyclic) bond motifs is 3. The second-order valence-electron chi connectivity index (χ2n) is 8.40. The van der Waals surface area contributed by atoms with Gasteiger partial charge in [-0.3, -0.25) is 9.78 Å². The van der Waals surface area contributed by atoms with E-state index < -0.39 is 0 Å². The number of anilines is 1. The summed E-state index contributed by atoms with van der Waals surface area (Å²) in [5, 5.41) is 20.9. The highest BCUT2D eigenvalue weighted by Crippen LogP contribution is 2.34. The lowest BCUT2D eigenvalue weighted by atomic mass is 10.0. The van der Waals surface area contributed by atoms with Gasteiger partial charge in [-0.1, -0.05) is 0 Å². The Morgan fingerprint density at radius 3 is 2.91 bits per heavy atom. The summed E-state index contributed by atoms with van der Waals surface area (Å²) in [7, 11) is 0. The fourth-order valence-corrected chi connectivity index (χ4v) is 4.47. The third kappa shape index (κ3) is 4.01. The zero-order valence-corrected chi connectivity index (χ0v) is 18.4. The first kappa shape index (κ1) is 21.0. The van der Waals surface area contributed by atoms with Crippen molar-refractivity contribution >= 4 is 33.5 Å². The van der Waals surface area contributed by atoms with Gasteiger partial charge in [0.2, 0.25) is 5.91 Å². The lowest BCUT2D eigenvalue weighted by Gasteiger charge is -2.30. The molecule has 0 radical (unpaired) electrons. The van der Waals surface area contributed by atoms with Gasteiger partial charge in [0, 0.05) is 18.0 Å². The van der Waals surface area contributed by atoms with E-state index in [1.54, 1.807) is 18.5 Å². The first-order chi connectivity index (χ1) is 16.0. The maximum Gasteiger partial charge on any atom is 0.232 e. The van der Waals surface area contributed by atoms with Crippen LogP contribution >= 0.6 is 0 Å². The maximum atomic E-state index is 13.0. The number of imidazole rings is 1. The molecule has 166 valence electrons. The minimum atomic E-state index is -0.183. The molecule has 1 saturated heterocycles. The monoisotopic (exact) mass is 441 g/mol. The summed E-state index contributed by atoms with van der Waals surface area (Å²) in [6, 6.07) is 7.80. The standard InChI is InChI=1S/C24H23N7O2/c1-14-11-27-28-13-20(14)30-23(32)9-22-29-21-12-26-19-4-3-16(10-25)8-18(19)24(21)31(22)17-5-6-33-15(2)7-17/h3-4,8,11-13,15,17H,5-7,9H2,1-2H3,(H,27,30,32)/t15-,17-/m1/s1. The molecular formula is C24H23N7O2. The van der Waals surface area contributed by atoms with Crippen LogP contribution in [-0.2, 0) is 16.0 Å². The van der Waals surface area contributed by atoms with Gasteiger partial charge in [-0.15, -0.1) is 0 Å². The number of nitriles is 1. The SMILES string of the molecule is Cc1cnncc1NC(=O)Cc1nc2cnc3ccc(C#N)cc3c2n1[C@@H]1CCO[C@H](C)C1. The summed E-state index contributed by atoms with van der Waals surface area (Å²) in [6.45, 7) is 4.57. The van der Waals surface area contributed by atoms with Crippen molar-refractivity contribution in [3.63, 3.8) is 0 Å². The number of hydrogen-bond acceptors (Lipinski definition) is 7. The normalized spacial score (nSPS) is 18.3. The van der Waals surface area contributed by atoms with Gasteiger partial charge in [0.15, 0.2) is 0 Å². The average molecular weight is 441 g/mol. The minimum absolute atomic E-state index is 0.0988. The number of rotatable bonds is 4. The van der Waals surface area contributed by atoms with Gasteiger partial charge in [0.05, 0.1) is 59.5 Å². The summed E-state index contributed by atoms with van der Waals surface area (Å²) in [5.74, 6) is 0.482. The van der Waals surface area contributed by atoms with Crippen LogP contribution in [-0.4, -0.2) is 43.4 Å². The van der Waals surface area contributed by atoms with Crippen LogP contribution in [0.1, 0.15) is 42.8 Å². The molecule has 0 bridgehead atoms. The number of benzene rings is 1. The summed E-state index contributed by atoms with van der Waals surface area (Å²) in [5.41, 5.74) is 4.43. The van der Waals surface area contributed by atoms with Crippen LogP contribution in [0.4, 0.5) is 5.69 Å². The minimum Gasteiger partial charge on any atom is -0.378 e. The first-order valence-corrected chi connectivity index (χ1v) is 10.9. The largest absolute Gasteiger partial charge is 0.378 e. The molecule has 3 aromatic heterocycles. The molecule has 4 heterocycles. The maximum absolute atomic E-state index is 13.0. The molecule has 0 aliphatic carbocycles. The van der Waals surface area contributed by atoms with Crippen molar-refractivity contribution in [2.75, 3.05) is 11.9 Å². The Kier molecular flexibility index (Phi) is 5.44. The second kappa shape index (κ2) is 8.56. The molecular weight excluding hydrogens is 418 g/mol. The summed E-state index contributed by atoms with van der Waals surface area (Å²) >= 11 is 0. The van der Waals surface area contributed by atoms with E-state index in [1.165, 1.54) is 6.20 Å². The number of nitrogens with zero attached hydrogens (tertiary/aromatic N) is 6. The van der Waals surface area contributed by atoms with Crippen LogP contribution in [0, 0.1) is 18.3 Å². The van der Waals surface area contributed by atoms with Crippen molar-refractivity contribution in [2.24, 2.45) is 0 Å². The van der Waals surface area contributed by atoms with Crippen molar-refractivity contribution in [1.29, 1.82) is 5.26 Å². The average Bonchev–Trinajstić information content (AvgIpc) is 3.18. The number of ether oxygens (including phenoxy) is 1. The molecule has 1 aliphatic rings. The summed E-state index contributed by atoms with van der Waals surface area (Å²) in [6.07, 6.45) is 6.73. The van der Waals surface area contributed by atoms with Crippen LogP contribution in [0.3, 0.4) is 0 Å². The molecule has 9 nitrogen and oxygen atoms in total. The van der Waals surface area contributed by atoms with Gasteiger partial charge >= 0.3 is 0 Å². The Hall–Kier alpha value is -3.90. The number of aryl methyl sites for hydroxylation is 1. The number of carbonyl (C=O) groups is 1. The van der Waals surface area contributed by atoms with Crippen LogP contribution in [0.15, 0.2) is 36.8 Å². The second-order valence-corrected chi connectivity index (χ2v) is 8.40. The van der Waals surface area contributed by atoms with Crippen molar-refractivity contribution in [2.45, 2.75) is 45.3 Å². The highest BCUT2D eigenvalue weighted by atomic mass is 16.5. The molecule has 2 atom stereocenters. The fraction of sp³-hybridized carbons (Fsp3) is 0.333. The molecule has 1 fully saturated rings. The van der Waals surface area contributed by atoms with Gasteiger partial charge in [-0.25, -0.2) is 4.98 Å². The van der Waals surface area contributed by atoms with Crippen molar-refractivity contribution in [3.05, 3.63) is 53.7 Å². The first-order valence-electron chi connectivity index (χ1n) is 10.9. The van der Waals surface area contributed by atoms with Crippen LogP contribution < -0.4 is 5.32 Å². The number of pyridine rings is 1. The Labute approximate surface area is 190 Å². The lowest BCUT2D eigenvalue weighted by Crippen LogP contribution is -2.27. The molecule has 1 N–H and O–H groups in total. The summed E-state index contributed by atoms with van der Waals surface area (Å²) < 4.78 is 7.94. The highest BCUT2D eigenvalue weighted by molar-refractivity contribution is 6.03. The van der Waals surface area contributed by atoms with Gasteiger partial charge in [-0.2, -0.15) is 15.5 Å². The molecule has 1 amide bonds. The van der Waals surface area contributed by atoms with E-state index in [2.05, 4.69) is 38.1 Å². The Morgan fingerprint density at radius 1 is 1.27 bits per heavy atom. The Morgan fingerprint density at radius 2 is 2.12 bits per heavy atom. The van der Waals surface area contributed by atoms with Crippen LogP contribution in [0.2, 0.25) is 0 Å². The molecule has 0 unspecified atom stereocenters. The third-order valence-electron chi connectivity index (χ3n) is 6.06. The molecule has 4 aromatic rings. The zero-order valence-electron chi connectivity index (χ0n) is 18.4. The van der Waals surface area contributed by atoms with Gasteiger partial charge < -0.3 is 14.6 Å². The molecule has 1 aromatic carbocycles. The molecule has 5 rings (SSSR count). The fourth-order valence-electron chi connectivity index (χ4n) is 4.47. The van der Waals surface area contributed by atoms with Gasteiger partial charge in [-0.05, 0) is 50.5 Å². The zero-order chi connectivity index (χ0) is 22.9. The summed E-state index contributed by atoms with van der Waals surface area (Å²) in [4.78, 5) is 22.3. The lowest BCUT2D eigenvalue weighted by molar-refractivity contribution is -0.115. The number of hydrogen-bond donors (Lipinski definition) is 1. The topological polar surface area (TPSA) is 119 Å². The van der Waals surface area contributed by atoms with E-state index >= 15 is 0 Å². The highest BCUT2D eigenvalue weighted by Gasteiger charge is 2.27. The van der Waals surface area contributed by atoms with Crippen molar-refractivity contribution in [3.8, 4) is 6.07 Å². The molecule has 33 heavy (non-hydrogen) atoms. The number of nitrogens with one attached hydrogen (secondary N) is 1. The molecule has 0 spiro atoms. The Bertz CT molecular complexity index is 1410. The molecule has 9 heteroatoms. The number of carbonyl (C=O) groups excluding carboxylic acids is 1. The number of aromatic nitrogens is 5. The predicted molar refractivity (Wildman–Crippen MR) is 123 cm³/mol. The van der Waals surface area contributed by atoms with Gasteiger partial charge in [0.25, 0.3) is 0 Å². The van der Waals surface area contributed by atoms with E-state index in [-0.39, 0.29) is 24.5 Å². The van der Waals surface area contributed by atoms with E-state index in [0.29, 0.717) is 29.2 Å².